The van der Waals surface area contributed by atoms with E-state index >= 15 is 0 Å². The third kappa shape index (κ3) is 7.83. The molecule has 7 heteroatoms. The van der Waals surface area contributed by atoms with E-state index in [-0.39, 0.29) is 0 Å². The Morgan fingerprint density at radius 2 is 1.04 bits per heavy atom. The van der Waals surface area contributed by atoms with E-state index in [9.17, 15) is 0 Å². The van der Waals surface area contributed by atoms with Crippen molar-refractivity contribution in [3.8, 4) is 11.1 Å². The van der Waals surface area contributed by atoms with Crippen LogP contribution in [0.2, 0.25) is 0 Å². The molecule has 0 radical (unpaired) electrons. The predicted octanol–water partition coefficient (Wildman–Crippen LogP) is 11.0. The van der Waals surface area contributed by atoms with Gasteiger partial charge in [0.2, 0.25) is 0 Å². The van der Waals surface area contributed by atoms with Gasteiger partial charge in [-0.1, -0.05) is 35.4 Å². The van der Waals surface area contributed by atoms with Crippen molar-refractivity contribution in [2.24, 2.45) is 0 Å². The minimum atomic E-state index is -1.88. The summed E-state index contributed by atoms with van der Waals surface area (Å²) in [4.78, 5) is 8.65. The van der Waals surface area contributed by atoms with Crippen molar-refractivity contribution in [3.63, 3.8) is 0 Å². The van der Waals surface area contributed by atoms with Crippen molar-refractivity contribution >= 4 is 50.8 Å². The molecular formula is C39H39BrCl2N3Ru-. The van der Waals surface area contributed by atoms with Gasteiger partial charge in [-0.25, -0.2) is 0 Å². The number of rotatable bonds is 2. The van der Waals surface area contributed by atoms with Gasteiger partial charge in [0.1, 0.15) is 0 Å². The van der Waals surface area contributed by atoms with Crippen molar-refractivity contribution in [2.75, 3.05) is 22.9 Å². The molecule has 46 heavy (non-hydrogen) atoms. The predicted molar refractivity (Wildman–Crippen MR) is 199 cm³/mol. The summed E-state index contributed by atoms with van der Waals surface area (Å²) in [6, 6.07) is 29.6. The average molecular weight is 802 g/mol. The standard InChI is InChI=1S/C21H27N2.C13H8.C5H4BrN.2ClH.Ru/c1-14-9-16(3)20(17(4)10-14)22-7-8-23(13-22)21-18(5)11-15(2)12-19(21)6;1-3-7-12-10(5-1)9-11-6-2-4-8-13(11)12;6-5-2-1-3-7-4-5;;;/h9-13H,7-8H2,1-6H3;1-8H;1-4H;2*1H;/q-1;;;;;+2/p-2. The van der Waals surface area contributed by atoms with E-state index in [1.165, 1.54) is 71.1 Å². The minimum absolute atomic E-state index is 1.02. The number of nitrogens with zero attached hydrogens (tertiary/aromatic N) is 3. The van der Waals surface area contributed by atoms with Crippen molar-refractivity contribution < 1.29 is 13.5 Å². The zero-order chi connectivity index (χ0) is 33.0. The molecule has 0 spiro atoms. The Morgan fingerprint density at radius 1 is 0.630 bits per heavy atom. The molecule has 5 aromatic rings. The molecule has 0 unspecified atom stereocenters. The Labute approximate surface area is 295 Å². The van der Waals surface area contributed by atoms with Crippen LogP contribution in [0.5, 0.6) is 0 Å². The van der Waals surface area contributed by atoms with Crippen LogP contribution in [-0.4, -0.2) is 22.2 Å². The number of hydrogen-bond acceptors (Lipinski definition) is 3. The summed E-state index contributed by atoms with van der Waals surface area (Å²) in [5.41, 5.74) is 15.8. The van der Waals surface area contributed by atoms with E-state index in [1.807, 2.05) is 24.3 Å². The van der Waals surface area contributed by atoms with Crippen LogP contribution in [0.1, 0.15) is 44.5 Å². The summed E-state index contributed by atoms with van der Waals surface area (Å²) < 4.78 is 2.19. The van der Waals surface area contributed by atoms with Crippen molar-refractivity contribution in [1.29, 1.82) is 0 Å². The molecule has 1 fully saturated rings. The summed E-state index contributed by atoms with van der Waals surface area (Å²) in [6.45, 7) is 17.6. The molecule has 1 aliphatic carbocycles. The van der Waals surface area contributed by atoms with E-state index in [0.29, 0.717) is 0 Å². The Morgan fingerprint density at radius 3 is 1.37 bits per heavy atom. The fourth-order valence-corrected chi connectivity index (χ4v) is 9.97. The molecule has 2 aliphatic rings. The van der Waals surface area contributed by atoms with Crippen molar-refractivity contribution in [3.05, 3.63) is 153 Å². The SMILES string of the molecule is Brc1cccnc1.Cc1cc(C)c(N2[CH-]N(c3c(C)cc(C)cc3C)CC2)c(C)c1.[Cl][Ru]([Cl])=[C]1c2ccccc2-c2ccccc21. The first-order valence-corrected chi connectivity index (χ1v) is 21.3. The maximum absolute atomic E-state index is 6.21. The Hall–Kier alpha value is -2.82. The molecule has 2 heterocycles. The molecule has 240 valence electrons. The van der Waals surface area contributed by atoms with Crippen molar-refractivity contribution in [2.45, 2.75) is 41.5 Å². The fraction of sp³-hybridized carbons (Fsp3) is 0.205. The number of hydrogen-bond donors (Lipinski definition) is 0. The van der Waals surface area contributed by atoms with Gasteiger partial charge in [-0.2, -0.15) is 6.67 Å². The third-order valence-corrected chi connectivity index (χ3v) is 11.7. The molecule has 0 N–H and O–H groups in total. The Bertz CT molecular complexity index is 1730. The zero-order valence-electron chi connectivity index (χ0n) is 27.1. The molecule has 0 atom stereocenters. The summed E-state index contributed by atoms with van der Waals surface area (Å²) >= 11 is 1.37. The van der Waals surface area contributed by atoms with Gasteiger partial charge in [-0.05, 0) is 91.9 Å². The summed E-state index contributed by atoms with van der Waals surface area (Å²) in [6.07, 6.45) is 3.49. The monoisotopic (exact) mass is 800 g/mol. The van der Waals surface area contributed by atoms with E-state index in [2.05, 4.69) is 140 Å². The van der Waals surface area contributed by atoms with Crippen LogP contribution in [0.15, 0.2) is 102 Å². The number of aryl methyl sites for hydroxylation is 6. The molecule has 1 saturated heterocycles. The van der Waals surface area contributed by atoms with Gasteiger partial charge >= 0.3 is 108 Å². The number of aromatic nitrogens is 1. The number of halogens is 3. The van der Waals surface area contributed by atoms with Gasteiger partial charge < -0.3 is 9.80 Å². The molecule has 3 nitrogen and oxygen atoms in total. The van der Waals surface area contributed by atoms with Gasteiger partial charge in [0.25, 0.3) is 0 Å². The molecule has 1 aromatic heterocycles. The molecular weight excluding hydrogens is 762 g/mol. The Kier molecular flexibility index (Phi) is 11.5. The van der Waals surface area contributed by atoms with Crippen molar-refractivity contribution in [1.82, 2.24) is 4.98 Å². The van der Waals surface area contributed by atoms with E-state index in [4.69, 9.17) is 19.4 Å². The fourth-order valence-electron chi connectivity index (χ4n) is 6.53. The average Bonchev–Trinajstić information content (AvgIpc) is 3.60. The van der Waals surface area contributed by atoms with Gasteiger partial charge in [0, 0.05) is 41.3 Å². The zero-order valence-corrected chi connectivity index (χ0v) is 31.9. The van der Waals surface area contributed by atoms with E-state index in [0.717, 1.165) is 17.6 Å². The first-order chi connectivity index (χ1) is 22.0. The van der Waals surface area contributed by atoms with Gasteiger partial charge in [0.15, 0.2) is 0 Å². The molecule has 0 bridgehead atoms. The molecule has 0 saturated carbocycles. The molecule has 7 rings (SSSR count). The second kappa shape index (κ2) is 15.4. The maximum atomic E-state index is 6.21. The van der Waals surface area contributed by atoms with Crippen LogP contribution in [0.4, 0.5) is 11.4 Å². The quantitative estimate of drug-likeness (QED) is 0.128. The van der Waals surface area contributed by atoms with E-state index < -0.39 is 13.5 Å². The van der Waals surface area contributed by atoms with Crippen LogP contribution in [0.25, 0.3) is 11.1 Å². The first kappa shape index (κ1) is 34.5. The van der Waals surface area contributed by atoms with Crippen LogP contribution in [0.3, 0.4) is 0 Å². The first-order valence-electron chi connectivity index (χ1n) is 15.2. The number of pyridine rings is 1. The van der Waals surface area contributed by atoms with E-state index in [1.54, 1.807) is 12.4 Å². The number of fused-ring (bicyclic) bond motifs is 3. The number of benzene rings is 4. The molecule has 1 aliphatic heterocycles. The van der Waals surface area contributed by atoms with Crippen LogP contribution >= 0.6 is 35.3 Å². The second-order valence-electron chi connectivity index (χ2n) is 11.7. The van der Waals surface area contributed by atoms with Crippen LogP contribution < -0.4 is 9.80 Å². The van der Waals surface area contributed by atoms with Gasteiger partial charge in [-0.15, -0.1) is 0 Å². The summed E-state index contributed by atoms with van der Waals surface area (Å²) in [5, 5.41) is 0. The summed E-state index contributed by atoms with van der Waals surface area (Å²) in [5.74, 6) is 0. The molecule has 0 amide bonds. The molecule has 4 aromatic carbocycles. The topological polar surface area (TPSA) is 19.4 Å². The van der Waals surface area contributed by atoms with Gasteiger partial charge in [-0.3, -0.25) is 4.98 Å². The Balaban J connectivity index is 0.000000156. The third-order valence-electron chi connectivity index (χ3n) is 8.07. The van der Waals surface area contributed by atoms with Crippen LogP contribution in [-0.2, 0) is 13.5 Å². The number of anilines is 2. The van der Waals surface area contributed by atoms with Crippen LogP contribution in [0, 0.1) is 48.2 Å². The normalized spacial score (nSPS) is 13.3. The van der Waals surface area contributed by atoms with Gasteiger partial charge in [0.05, 0.1) is 0 Å². The second-order valence-corrected chi connectivity index (χ2v) is 18.4. The summed E-state index contributed by atoms with van der Waals surface area (Å²) in [7, 11) is 12.4.